The summed E-state index contributed by atoms with van der Waals surface area (Å²) in [6, 6.07) is 55.1. The van der Waals surface area contributed by atoms with E-state index < -0.39 is 0 Å². The average Bonchev–Trinajstić information content (AvgIpc) is 3.59. The molecule has 2 heterocycles. The highest BCUT2D eigenvalue weighted by Gasteiger charge is 2.23. The first-order valence-corrected chi connectivity index (χ1v) is 17.4. The van der Waals surface area contributed by atoms with E-state index in [1.165, 1.54) is 27.5 Å². The minimum atomic E-state index is 0.0177. The van der Waals surface area contributed by atoms with E-state index in [0.717, 1.165) is 62.0 Å². The minimum Gasteiger partial charge on any atom is -0.456 e. The van der Waals surface area contributed by atoms with Gasteiger partial charge in [-0.15, -0.1) is 0 Å². The molecule has 0 amide bonds. The molecule has 0 bridgehead atoms. The third-order valence-corrected chi connectivity index (χ3v) is 10.1. The standard InChI is InChI=1S/C47H31N3O/c1-2-10-30(11-3-1)36-26-27-40-43(29-36)51-42-19-9-18-41(44(40)42)47-49-45(48-46(50-47)37-25-20-31-12-4-5-14-35(31)28-37)34-23-21-33(22-24-34)39-17-8-15-32-13-6-7-16-38(32)39/h1-27,29,37H,28H2. The van der Waals surface area contributed by atoms with E-state index in [0.29, 0.717) is 11.6 Å². The van der Waals surface area contributed by atoms with Crippen molar-refractivity contribution in [1.29, 1.82) is 0 Å². The molecular weight excluding hydrogens is 623 g/mol. The van der Waals surface area contributed by atoms with E-state index in [1.807, 2.05) is 18.2 Å². The molecule has 240 valence electrons. The number of aromatic nitrogens is 3. The Bertz CT molecular complexity index is 2770. The number of rotatable bonds is 5. The zero-order chi connectivity index (χ0) is 33.7. The van der Waals surface area contributed by atoms with Gasteiger partial charge < -0.3 is 4.42 Å². The molecule has 1 atom stereocenters. The fraction of sp³-hybridized carbons (Fsp3) is 0.0426. The maximum absolute atomic E-state index is 6.48. The zero-order valence-corrected chi connectivity index (χ0v) is 27.7. The van der Waals surface area contributed by atoms with Gasteiger partial charge in [0.2, 0.25) is 0 Å². The van der Waals surface area contributed by atoms with Crippen LogP contribution < -0.4 is 0 Å². The molecule has 0 N–H and O–H groups in total. The van der Waals surface area contributed by atoms with Gasteiger partial charge >= 0.3 is 0 Å². The predicted octanol–water partition coefficient (Wildman–Crippen LogP) is 11.9. The summed E-state index contributed by atoms with van der Waals surface area (Å²) in [4.78, 5) is 15.5. The van der Waals surface area contributed by atoms with Crippen LogP contribution in [-0.4, -0.2) is 15.0 Å². The Morgan fingerprint density at radius 1 is 0.490 bits per heavy atom. The molecule has 0 fully saturated rings. The number of allylic oxidation sites excluding steroid dienone is 1. The normalized spacial score (nSPS) is 13.9. The van der Waals surface area contributed by atoms with Crippen molar-refractivity contribution in [1.82, 2.24) is 15.0 Å². The quantitative estimate of drug-likeness (QED) is 0.185. The van der Waals surface area contributed by atoms with Crippen molar-refractivity contribution < 1.29 is 4.42 Å². The first-order chi connectivity index (χ1) is 25.2. The van der Waals surface area contributed by atoms with Gasteiger partial charge in [-0.2, -0.15) is 0 Å². The molecule has 0 aliphatic heterocycles. The lowest BCUT2D eigenvalue weighted by atomic mass is 9.89. The Hall–Kier alpha value is -6.65. The summed E-state index contributed by atoms with van der Waals surface area (Å²) in [6.07, 6.45) is 5.25. The Labute approximate surface area is 295 Å². The lowest BCUT2D eigenvalue weighted by Gasteiger charge is -2.19. The first-order valence-electron chi connectivity index (χ1n) is 17.4. The van der Waals surface area contributed by atoms with Crippen LogP contribution in [0.3, 0.4) is 0 Å². The smallest absolute Gasteiger partial charge is 0.164 e. The van der Waals surface area contributed by atoms with Gasteiger partial charge in [0.25, 0.3) is 0 Å². The molecule has 7 aromatic carbocycles. The summed E-state index contributed by atoms with van der Waals surface area (Å²) < 4.78 is 6.48. The van der Waals surface area contributed by atoms with Crippen molar-refractivity contribution in [3.8, 4) is 45.0 Å². The van der Waals surface area contributed by atoms with Crippen molar-refractivity contribution in [2.24, 2.45) is 0 Å². The van der Waals surface area contributed by atoms with Gasteiger partial charge in [-0.1, -0.05) is 152 Å². The summed E-state index contributed by atoms with van der Waals surface area (Å²) in [5.74, 6) is 2.07. The number of furan rings is 1. The topological polar surface area (TPSA) is 51.8 Å². The van der Waals surface area contributed by atoms with Gasteiger partial charge in [-0.25, -0.2) is 15.0 Å². The molecule has 1 unspecified atom stereocenters. The lowest BCUT2D eigenvalue weighted by molar-refractivity contribution is 0.669. The van der Waals surface area contributed by atoms with Crippen LogP contribution in [0.15, 0.2) is 168 Å². The van der Waals surface area contributed by atoms with E-state index in [-0.39, 0.29) is 5.92 Å². The largest absolute Gasteiger partial charge is 0.456 e. The van der Waals surface area contributed by atoms with E-state index in [4.69, 9.17) is 19.4 Å². The molecule has 0 spiro atoms. The summed E-state index contributed by atoms with van der Waals surface area (Å²) in [5.41, 5.74) is 10.7. The summed E-state index contributed by atoms with van der Waals surface area (Å²) in [5, 5.41) is 4.50. The molecule has 4 nitrogen and oxygen atoms in total. The second-order valence-corrected chi connectivity index (χ2v) is 13.2. The summed E-state index contributed by atoms with van der Waals surface area (Å²) >= 11 is 0. The van der Waals surface area contributed by atoms with E-state index >= 15 is 0 Å². The number of nitrogens with zero attached hydrogens (tertiary/aromatic N) is 3. The van der Waals surface area contributed by atoms with Gasteiger partial charge in [-0.3, -0.25) is 0 Å². The SMILES string of the molecule is C1=CC(c2nc(-c3ccc(-c4cccc5ccccc45)cc3)nc(-c3cccc4oc5cc(-c6ccccc6)ccc5c34)n2)Cc2ccccc21. The van der Waals surface area contributed by atoms with Crippen LogP contribution >= 0.6 is 0 Å². The molecular formula is C47H31N3O. The first kappa shape index (κ1) is 29.3. The molecule has 4 heteroatoms. The van der Waals surface area contributed by atoms with Gasteiger partial charge in [0.05, 0.1) is 0 Å². The van der Waals surface area contributed by atoms with Crippen molar-refractivity contribution in [3.63, 3.8) is 0 Å². The van der Waals surface area contributed by atoms with Crippen LogP contribution in [0.4, 0.5) is 0 Å². The van der Waals surface area contributed by atoms with Gasteiger partial charge in [-0.05, 0) is 68.8 Å². The fourth-order valence-electron chi connectivity index (χ4n) is 7.49. The molecule has 10 rings (SSSR count). The third-order valence-electron chi connectivity index (χ3n) is 10.1. The van der Waals surface area contributed by atoms with Crippen LogP contribution in [0.1, 0.15) is 22.9 Å². The maximum atomic E-state index is 6.48. The predicted molar refractivity (Wildman–Crippen MR) is 208 cm³/mol. The van der Waals surface area contributed by atoms with Crippen molar-refractivity contribution in [2.45, 2.75) is 12.3 Å². The number of hydrogen-bond donors (Lipinski definition) is 0. The molecule has 0 saturated carbocycles. The number of benzene rings is 7. The van der Waals surface area contributed by atoms with E-state index in [2.05, 4.69) is 152 Å². The van der Waals surface area contributed by atoms with Crippen LogP contribution in [0, 0.1) is 0 Å². The monoisotopic (exact) mass is 653 g/mol. The molecule has 2 aromatic heterocycles. The highest BCUT2D eigenvalue weighted by atomic mass is 16.3. The van der Waals surface area contributed by atoms with Gasteiger partial charge in [0, 0.05) is 27.8 Å². The molecule has 9 aromatic rings. The molecule has 0 radical (unpaired) electrons. The molecule has 1 aliphatic carbocycles. The summed E-state index contributed by atoms with van der Waals surface area (Å²) in [6.45, 7) is 0. The Morgan fingerprint density at radius 2 is 1.22 bits per heavy atom. The van der Waals surface area contributed by atoms with Crippen molar-refractivity contribution in [2.75, 3.05) is 0 Å². The van der Waals surface area contributed by atoms with Crippen LogP contribution in [0.5, 0.6) is 0 Å². The van der Waals surface area contributed by atoms with Crippen LogP contribution in [0.25, 0.3) is 83.8 Å². The second-order valence-electron chi connectivity index (χ2n) is 13.2. The van der Waals surface area contributed by atoms with Crippen molar-refractivity contribution >= 4 is 38.8 Å². The Kier molecular flexibility index (Phi) is 6.91. The minimum absolute atomic E-state index is 0.0177. The average molecular weight is 654 g/mol. The second kappa shape index (κ2) is 12.0. The van der Waals surface area contributed by atoms with E-state index in [1.54, 1.807) is 0 Å². The number of hydrogen-bond acceptors (Lipinski definition) is 4. The molecule has 1 aliphatic rings. The molecule has 51 heavy (non-hydrogen) atoms. The Morgan fingerprint density at radius 3 is 2.14 bits per heavy atom. The van der Waals surface area contributed by atoms with Gasteiger partial charge in [0.15, 0.2) is 11.6 Å². The summed E-state index contributed by atoms with van der Waals surface area (Å²) in [7, 11) is 0. The third kappa shape index (κ3) is 5.20. The fourth-order valence-corrected chi connectivity index (χ4v) is 7.49. The highest BCUT2D eigenvalue weighted by Crippen LogP contribution is 2.39. The number of fused-ring (bicyclic) bond motifs is 5. The lowest BCUT2D eigenvalue weighted by Crippen LogP contribution is -2.12. The van der Waals surface area contributed by atoms with Crippen LogP contribution in [0.2, 0.25) is 0 Å². The van der Waals surface area contributed by atoms with Crippen molar-refractivity contribution in [3.05, 3.63) is 181 Å². The van der Waals surface area contributed by atoms with Crippen LogP contribution in [-0.2, 0) is 6.42 Å². The highest BCUT2D eigenvalue weighted by molar-refractivity contribution is 6.12. The van der Waals surface area contributed by atoms with E-state index in [9.17, 15) is 0 Å². The Balaban J connectivity index is 1.12. The molecule has 0 saturated heterocycles. The zero-order valence-electron chi connectivity index (χ0n) is 27.7. The maximum Gasteiger partial charge on any atom is 0.164 e. The van der Waals surface area contributed by atoms with Gasteiger partial charge in [0.1, 0.15) is 17.0 Å².